The Balaban J connectivity index is 1.37. The number of esters is 1. The molecule has 0 bridgehead atoms. The Morgan fingerprint density at radius 2 is 1.64 bits per heavy atom. The highest BCUT2D eigenvalue weighted by Gasteiger charge is 2.72. The van der Waals surface area contributed by atoms with Gasteiger partial charge in [0.15, 0.2) is 23.9 Å². The van der Waals surface area contributed by atoms with E-state index in [0.717, 1.165) is 38.5 Å². The standard InChI is InChI=1S/C38H54O9/c1-21(2)28-25(46-32(43)47-28)20-45-31(42)38(8)26-10-13-37(7)29(35(26,5)12-11-27(38)44-9)24(39)18-22-23-19-34(4,30(40)41)15-14-33(23,3)16-17-36(22,37)6/h18,21,23,26-27,29H,10-17,19-20H2,1-9H3,(H,40,41)/t23-,26+,27-,29+,33+,34-,35-,36+,37+,38-/m0/s1. The number of carbonyl (C=O) groups excluding carboxylic acids is 2. The second-order valence-electron chi connectivity index (χ2n) is 17.6. The van der Waals surface area contributed by atoms with Crippen molar-refractivity contribution in [2.24, 2.45) is 50.2 Å². The first kappa shape index (κ1) is 34.2. The molecule has 4 saturated carbocycles. The fourth-order valence-corrected chi connectivity index (χ4v) is 11.8. The molecule has 5 aliphatic carbocycles. The average Bonchev–Trinajstić information content (AvgIpc) is 3.38. The maximum Gasteiger partial charge on any atom is 0.519 e. The minimum absolute atomic E-state index is 0.0205. The summed E-state index contributed by atoms with van der Waals surface area (Å²) < 4.78 is 22.4. The molecular weight excluding hydrogens is 600 g/mol. The van der Waals surface area contributed by atoms with Crippen LogP contribution in [0.5, 0.6) is 0 Å². The number of ketones is 1. The van der Waals surface area contributed by atoms with Gasteiger partial charge in [0, 0.05) is 18.9 Å². The molecule has 0 saturated heterocycles. The summed E-state index contributed by atoms with van der Waals surface area (Å²) in [4.78, 5) is 53.3. The zero-order valence-corrected chi connectivity index (χ0v) is 29.7. The van der Waals surface area contributed by atoms with Crippen molar-refractivity contribution in [2.45, 2.75) is 132 Å². The number of aliphatic carboxylic acids is 1. The fourth-order valence-electron chi connectivity index (χ4n) is 11.8. The molecule has 6 rings (SSSR count). The van der Waals surface area contributed by atoms with E-state index in [1.165, 1.54) is 5.57 Å². The number of carboxylic acid groups (broad SMARTS) is 1. The summed E-state index contributed by atoms with van der Waals surface area (Å²) in [5.41, 5.74) is -1.80. The zero-order valence-electron chi connectivity index (χ0n) is 29.7. The monoisotopic (exact) mass is 654 g/mol. The van der Waals surface area contributed by atoms with Gasteiger partial charge in [-0.15, -0.1) is 0 Å². The second kappa shape index (κ2) is 10.9. The van der Waals surface area contributed by atoms with Gasteiger partial charge in [0.1, 0.15) is 0 Å². The van der Waals surface area contributed by atoms with Crippen molar-refractivity contribution in [1.29, 1.82) is 0 Å². The molecule has 0 radical (unpaired) electrons. The lowest BCUT2D eigenvalue weighted by molar-refractivity contribution is -0.221. The van der Waals surface area contributed by atoms with Crippen LogP contribution in [0.3, 0.4) is 0 Å². The summed E-state index contributed by atoms with van der Waals surface area (Å²) in [6.45, 7) is 16.5. The van der Waals surface area contributed by atoms with Crippen molar-refractivity contribution in [2.75, 3.05) is 7.11 Å². The second-order valence-corrected chi connectivity index (χ2v) is 17.6. The summed E-state index contributed by atoms with van der Waals surface area (Å²) in [5.74, 6) is -1.84. The molecule has 1 heterocycles. The van der Waals surface area contributed by atoms with Crippen LogP contribution in [0.15, 0.2) is 25.3 Å². The van der Waals surface area contributed by atoms with Crippen LogP contribution in [0.1, 0.15) is 131 Å². The summed E-state index contributed by atoms with van der Waals surface area (Å²) in [6.07, 6.45) is 8.43. The predicted molar refractivity (Wildman–Crippen MR) is 173 cm³/mol. The van der Waals surface area contributed by atoms with Gasteiger partial charge in [0.05, 0.1) is 16.9 Å². The van der Waals surface area contributed by atoms with Gasteiger partial charge in [0.25, 0.3) is 0 Å². The van der Waals surface area contributed by atoms with E-state index in [1.54, 1.807) is 7.11 Å². The molecule has 9 nitrogen and oxygen atoms in total. The molecular formula is C38H54O9. The van der Waals surface area contributed by atoms with Gasteiger partial charge >= 0.3 is 17.8 Å². The molecule has 9 heteroatoms. The first-order valence-corrected chi connectivity index (χ1v) is 17.6. The number of carbonyl (C=O) groups is 3. The molecule has 0 unspecified atom stereocenters. The Morgan fingerprint density at radius 1 is 0.957 bits per heavy atom. The van der Waals surface area contributed by atoms with E-state index in [1.807, 2.05) is 33.8 Å². The number of hydrogen-bond donors (Lipinski definition) is 1. The normalized spacial score (nSPS) is 44.5. The highest BCUT2D eigenvalue weighted by molar-refractivity contribution is 5.96. The topological polar surface area (TPSA) is 133 Å². The lowest BCUT2D eigenvalue weighted by Crippen LogP contribution is -2.68. The molecule has 1 aromatic heterocycles. The van der Waals surface area contributed by atoms with E-state index in [9.17, 15) is 24.3 Å². The van der Waals surface area contributed by atoms with Crippen molar-refractivity contribution in [3.05, 3.63) is 33.8 Å². The van der Waals surface area contributed by atoms with Crippen molar-refractivity contribution < 1.29 is 37.8 Å². The van der Waals surface area contributed by atoms with Crippen molar-refractivity contribution >= 4 is 17.7 Å². The van der Waals surface area contributed by atoms with E-state index in [4.69, 9.17) is 18.3 Å². The molecule has 47 heavy (non-hydrogen) atoms. The highest BCUT2D eigenvalue weighted by Crippen LogP contribution is 2.75. The first-order valence-electron chi connectivity index (χ1n) is 17.6. The lowest BCUT2D eigenvalue weighted by Gasteiger charge is -2.70. The SMILES string of the molecule is CO[C@H]1CC[C@@]2(C)[C@@H](CC[C@]3(C)[C@@H]2C(=O)C=C2[C@@H]4C[C@@](C)(C(=O)O)CC[C@]4(C)CC[C@]23C)[C@]1(C)C(=O)OCc1oc(=O)oc1C(C)C. The Kier molecular flexibility index (Phi) is 7.94. The molecule has 0 amide bonds. The Morgan fingerprint density at radius 3 is 2.28 bits per heavy atom. The molecule has 1 N–H and O–H groups in total. The van der Waals surface area contributed by atoms with Crippen LogP contribution < -0.4 is 5.82 Å². The maximum atomic E-state index is 14.7. The van der Waals surface area contributed by atoms with E-state index < -0.39 is 40.1 Å². The van der Waals surface area contributed by atoms with Crippen molar-refractivity contribution in [3.8, 4) is 0 Å². The smallest absolute Gasteiger partial charge is 0.481 e. The summed E-state index contributed by atoms with van der Waals surface area (Å²) >= 11 is 0. The Labute approximate surface area is 278 Å². The molecule has 5 aliphatic rings. The van der Waals surface area contributed by atoms with Crippen molar-refractivity contribution in [1.82, 2.24) is 0 Å². The molecule has 4 fully saturated rings. The van der Waals surface area contributed by atoms with E-state index in [2.05, 4.69) is 27.7 Å². The van der Waals surface area contributed by atoms with Gasteiger partial charge < -0.3 is 23.4 Å². The minimum Gasteiger partial charge on any atom is -0.481 e. The largest absolute Gasteiger partial charge is 0.519 e. The van der Waals surface area contributed by atoms with Crippen LogP contribution in [0.2, 0.25) is 0 Å². The molecule has 10 atom stereocenters. The van der Waals surface area contributed by atoms with Gasteiger partial charge in [-0.2, -0.15) is 0 Å². The van der Waals surface area contributed by atoms with Gasteiger partial charge in [-0.25, -0.2) is 4.79 Å². The van der Waals surface area contributed by atoms with E-state index >= 15 is 0 Å². The molecule has 0 spiro atoms. The summed E-state index contributed by atoms with van der Waals surface area (Å²) in [7, 11) is 1.63. The number of carboxylic acids is 1. The fraction of sp³-hybridized carbons (Fsp3) is 0.789. The first-order chi connectivity index (χ1) is 21.8. The number of methoxy groups -OCH3 is 1. The third-order valence-electron chi connectivity index (χ3n) is 15.0. The third-order valence-corrected chi connectivity index (χ3v) is 15.0. The molecule has 260 valence electrons. The summed E-state index contributed by atoms with van der Waals surface area (Å²) in [6, 6.07) is 0. The van der Waals surface area contributed by atoms with Gasteiger partial charge in [-0.05, 0) is 111 Å². The number of fused-ring (bicyclic) bond motifs is 7. The molecule has 1 aromatic rings. The average molecular weight is 655 g/mol. The van der Waals surface area contributed by atoms with Crippen LogP contribution in [0.4, 0.5) is 0 Å². The number of hydrogen-bond acceptors (Lipinski definition) is 8. The van der Waals surface area contributed by atoms with Crippen molar-refractivity contribution in [3.63, 3.8) is 0 Å². The Hall–Kier alpha value is -2.68. The number of rotatable bonds is 6. The van der Waals surface area contributed by atoms with Crippen LogP contribution in [0, 0.1) is 50.2 Å². The quantitative estimate of drug-likeness (QED) is 0.310. The Bertz CT molecular complexity index is 1570. The van der Waals surface area contributed by atoms with E-state index in [0.29, 0.717) is 25.0 Å². The van der Waals surface area contributed by atoms with Crippen LogP contribution in [0.25, 0.3) is 0 Å². The zero-order chi connectivity index (χ0) is 34.5. The van der Waals surface area contributed by atoms with Gasteiger partial charge in [-0.1, -0.05) is 47.1 Å². The van der Waals surface area contributed by atoms with Gasteiger partial charge in [0.2, 0.25) is 0 Å². The highest BCUT2D eigenvalue weighted by atomic mass is 16.6. The maximum absolute atomic E-state index is 14.7. The number of allylic oxidation sites excluding steroid dienone is 2. The molecule has 0 aromatic carbocycles. The molecule has 0 aliphatic heterocycles. The van der Waals surface area contributed by atoms with E-state index in [-0.39, 0.29) is 58.1 Å². The third kappa shape index (κ3) is 4.64. The minimum atomic E-state index is -1.03. The van der Waals surface area contributed by atoms with Crippen LogP contribution in [-0.2, 0) is 30.5 Å². The lowest BCUT2D eigenvalue weighted by atomic mass is 9.33. The number of ether oxygens (including phenoxy) is 2. The predicted octanol–water partition coefficient (Wildman–Crippen LogP) is 7.46. The van der Waals surface area contributed by atoms with Gasteiger partial charge in [-0.3, -0.25) is 14.4 Å². The van der Waals surface area contributed by atoms with Crippen LogP contribution in [-0.4, -0.2) is 36.0 Å². The summed E-state index contributed by atoms with van der Waals surface area (Å²) in [5, 5.41) is 10.2. The van der Waals surface area contributed by atoms with Crippen LogP contribution >= 0.6 is 0 Å².